The molecule has 7 heteroatoms. The summed E-state index contributed by atoms with van der Waals surface area (Å²) in [5.74, 6) is 2.58. The third kappa shape index (κ3) is 5.53. The maximum atomic E-state index is 14.0. The number of rotatable bonds is 5. The minimum atomic E-state index is -0.539. The number of allylic oxidation sites excluding steroid dienone is 1. The lowest BCUT2D eigenvalue weighted by molar-refractivity contribution is -0.143. The number of benzene rings is 1. The number of hydrogen-bond donors (Lipinski definition) is 2. The maximum absolute atomic E-state index is 14.0. The predicted octanol–water partition coefficient (Wildman–Crippen LogP) is 5.05. The molecule has 2 N–H and O–H groups in total. The summed E-state index contributed by atoms with van der Waals surface area (Å²) >= 11 is 0. The van der Waals surface area contributed by atoms with Gasteiger partial charge in [-0.2, -0.15) is 0 Å². The molecule has 1 aromatic carbocycles. The summed E-state index contributed by atoms with van der Waals surface area (Å²) in [6.07, 6.45) is 9.25. The van der Waals surface area contributed by atoms with Crippen molar-refractivity contribution < 1.29 is 15.0 Å². The van der Waals surface area contributed by atoms with E-state index < -0.39 is 6.10 Å². The molecule has 2 saturated heterocycles. The third-order valence-corrected chi connectivity index (χ3v) is 12.5. The second-order valence-electron chi connectivity index (χ2n) is 15.2. The van der Waals surface area contributed by atoms with E-state index in [1.807, 2.05) is 29.3 Å². The molecule has 1 aromatic heterocycles. The van der Waals surface area contributed by atoms with Gasteiger partial charge in [-0.25, -0.2) is 4.98 Å². The SMILES string of the molecule is Cc1c([C@H](C)[C@H]2[C@H](O)C[C@H](C)CN2C(=O)CN2CCN(c3ccccn3)CC2)ccc2c1C[C@H]1[C@H]2CC=C2C[C@@H](O)CC[C@@]21C. The van der Waals surface area contributed by atoms with Crippen LogP contribution in [-0.4, -0.2) is 88.4 Å². The van der Waals surface area contributed by atoms with Crippen LogP contribution in [0.4, 0.5) is 5.82 Å². The molecule has 242 valence electrons. The standard InChI is InChI=1S/C38H52N4O3/c1-24-19-34(44)37(42(22-24)36(45)23-40-15-17-41(18-16-40)35-7-5-6-14-39-35)26(3)29-10-11-30-31-9-8-27-20-28(43)12-13-38(27,4)33(31)21-32(30)25(29)2/h5-8,10-11,14,24,26,28,31,33-34,37,43-44H,9,12-13,15-23H2,1-4H3/t24-,26-,28-,31-,33-,34+,37-,38-/m0/s1. The Morgan fingerprint density at radius 2 is 1.91 bits per heavy atom. The normalized spacial score (nSPS) is 34.0. The summed E-state index contributed by atoms with van der Waals surface area (Å²) < 4.78 is 0. The fourth-order valence-electron chi connectivity index (χ4n) is 9.98. The van der Waals surface area contributed by atoms with Crippen molar-refractivity contribution in [2.75, 3.05) is 44.2 Å². The van der Waals surface area contributed by atoms with Gasteiger partial charge in [0.15, 0.2) is 0 Å². The summed E-state index contributed by atoms with van der Waals surface area (Å²) in [5, 5.41) is 21.9. The van der Waals surface area contributed by atoms with Crippen LogP contribution in [-0.2, 0) is 11.2 Å². The molecule has 2 aromatic rings. The summed E-state index contributed by atoms with van der Waals surface area (Å²) in [6, 6.07) is 10.5. The van der Waals surface area contributed by atoms with Crippen LogP contribution in [0.25, 0.3) is 0 Å². The molecule has 45 heavy (non-hydrogen) atoms. The number of aliphatic hydroxyl groups excluding tert-OH is 2. The van der Waals surface area contributed by atoms with Crippen molar-refractivity contribution in [1.29, 1.82) is 0 Å². The van der Waals surface area contributed by atoms with Gasteiger partial charge in [-0.05, 0) is 103 Å². The second-order valence-corrected chi connectivity index (χ2v) is 15.2. The highest BCUT2D eigenvalue weighted by Gasteiger charge is 2.50. The first kappa shape index (κ1) is 30.9. The van der Waals surface area contributed by atoms with Crippen molar-refractivity contribution in [1.82, 2.24) is 14.8 Å². The quantitative estimate of drug-likeness (QED) is 0.460. The van der Waals surface area contributed by atoms with Gasteiger partial charge in [0.2, 0.25) is 5.91 Å². The molecular weight excluding hydrogens is 560 g/mol. The molecule has 1 saturated carbocycles. The van der Waals surface area contributed by atoms with Gasteiger partial charge in [-0.3, -0.25) is 9.69 Å². The van der Waals surface area contributed by atoms with E-state index in [1.54, 1.807) is 0 Å². The molecule has 5 aliphatic rings. The van der Waals surface area contributed by atoms with E-state index in [0.717, 1.165) is 70.5 Å². The second kappa shape index (κ2) is 12.1. The van der Waals surface area contributed by atoms with Gasteiger partial charge in [0.25, 0.3) is 0 Å². The molecule has 0 radical (unpaired) electrons. The van der Waals surface area contributed by atoms with E-state index in [2.05, 4.69) is 60.7 Å². The molecule has 3 aliphatic carbocycles. The Morgan fingerprint density at radius 3 is 2.67 bits per heavy atom. The van der Waals surface area contributed by atoms with Crippen LogP contribution in [0.2, 0.25) is 0 Å². The first-order chi connectivity index (χ1) is 21.6. The Balaban J connectivity index is 1.08. The lowest BCUT2D eigenvalue weighted by atomic mass is 9.57. The van der Waals surface area contributed by atoms with Gasteiger partial charge in [0.05, 0.1) is 24.8 Å². The van der Waals surface area contributed by atoms with Crippen LogP contribution in [0.5, 0.6) is 0 Å². The van der Waals surface area contributed by atoms with Crippen molar-refractivity contribution in [3.8, 4) is 0 Å². The highest BCUT2D eigenvalue weighted by atomic mass is 16.3. The zero-order valence-electron chi connectivity index (χ0n) is 27.7. The predicted molar refractivity (Wildman–Crippen MR) is 178 cm³/mol. The number of pyridine rings is 1. The summed E-state index contributed by atoms with van der Waals surface area (Å²) in [4.78, 5) is 25.1. The molecule has 0 bridgehead atoms. The zero-order chi connectivity index (χ0) is 31.5. The van der Waals surface area contributed by atoms with Crippen molar-refractivity contribution in [2.24, 2.45) is 17.3 Å². The minimum Gasteiger partial charge on any atom is -0.393 e. The van der Waals surface area contributed by atoms with Gasteiger partial charge < -0.3 is 20.0 Å². The highest BCUT2D eigenvalue weighted by Crippen LogP contribution is 2.60. The number of piperidine rings is 1. The molecule has 7 nitrogen and oxygen atoms in total. The number of carbonyl (C=O) groups excluding carboxylic acids is 1. The topological polar surface area (TPSA) is 80.1 Å². The Hall–Kier alpha value is -2.74. The summed E-state index contributed by atoms with van der Waals surface area (Å²) in [6.45, 7) is 13.6. The number of hydrogen-bond acceptors (Lipinski definition) is 6. The van der Waals surface area contributed by atoms with E-state index in [-0.39, 0.29) is 35.3 Å². The largest absolute Gasteiger partial charge is 0.393 e. The van der Waals surface area contributed by atoms with Crippen molar-refractivity contribution in [2.45, 2.75) is 96.3 Å². The molecular formula is C38H52N4O3. The lowest BCUT2D eigenvalue weighted by Crippen LogP contribution is -2.58. The molecule has 0 spiro atoms. The molecule has 0 unspecified atom stereocenters. The van der Waals surface area contributed by atoms with E-state index in [9.17, 15) is 15.0 Å². The maximum Gasteiger partial charge on any atom is 0.237 e. The smallest absolute Gasteiger partial charge is 0.237 e. The number of anilines is 1. The first-order valence-corrected chi connectivity index (χ1v) is 17.5. The first-order valence-electron chi connectivity index (χ1n) is 17.5. The number of fused-ring (bicyclic) bond motifs is 5. The van der Waals surface area contributed by atoms with E-state index in [0.29, 0.717) is 24.9 Å². The molecule has 1 amide bonds. The molecule has 3 heterocycles. The van der Waals surface area contributed by atoms with Gasteiger partial charge in [-0.15, -0.1) is 0 Å². The van der Waals surface area contributed by atoms with Crippen molar-refractivity contribution in [3.63, 3.8) is 0 Å². The number of amides is 1. The monoisotopic (exact) mass is 612 g/mol. The van der Waals surface area contributed by atoms with Crippen LogP contribution in [0.15, 0.2) is 48.2 Å². The Morgan fingerprint density at radius 1 is 1.11 bits per heavy atom. The number of nitrogens with zero attached hydrogens (tertiary/aromatic N) is 4. The average molecular weight is 613 g/mol. The number of aliphatic hydroxyl groups is 2. The summed E-state index contributed by atoms with van der Waals surface area (Å²) in [5.41, 5.74) is 7.30. The van der Waals surface area contributed by atoms with Crippen molar-refractivity contribution in [3.05, 3.63) is 70.4 Å². The Kier molecular flexibility index (Phi) is 8.32. The van der Waals surface area contributed by atoms with Crippen LogP contribution < -0.4 is 4.90 Å². The summed E-state index contributed by atoms with van der Waals surface area (Å²) in [7, 11) is 0. The number of carbonyl (C=O) groups is 1. The molecule has 8 atom stereocenters. The number of aromatic nitrogens is 1. The fourth-order valence-corrected chi connectivity index (χ4v) is 9.98. The van der Waals surface area contributed by atoms with Crippen LogP contribution in [0.3, 0.4) is 0 Å². The van der Waals surface area contributed by atoms with Gasteiger partial charge in [0.1, 0.15) is 5.82 Å². The van der Waals surface area contributed by atoms with Crippen LogP contribution in [0.1, 0.15) is 87.0 Å². The zero-order valence-corrected chi connectivity index (χ0v) is 27.7. The van der Waals surface area contributed by atoms with Gasteiger partial charge in [0, 0.05) is 44.8 Å². The lowest BCUT2D eigenvalue weighted by Gasteiger charge is -2.48. The van der Waals surface area contributed by atoms with Gasteiger partial charge in [-0.1, -0.05) is 50.6 Å². The number of likely N-dealkylation sites (tertiary alicyclic amines) is 1. The number of piperazine rings is 1. The molecule has 3 fully saturated rings. The Bertz CT molecular complexity index is 1440. The molecule has 2 aliphatic heterocycles. The Labute approximate surface area is 269 Å². The third-order valence-electron chi connectivity index (χ3n) is 12.5. The van der Waals surface area contributed by atoms with Crippen LogP contribution >= 0.6 is 0 Å². The fraction of sp³-hybridized carbons (Fsp3) is 0.632. The van der Waals surface area contributed by atoms with E-state index in [1.165, 1.54) is 27.8 Å². The van der Waals surface area contributed by atoms with E-state index in [4.69, 9.17) is 0 Å². The average Bonchev–Trinajstić information content (AvgIpc) is 3.43. The van der Waals surface area contributed by atoms with Crippen LogP contribution in [0, 0.1) is 24.2 Å². The highest BCUT2D eigenvalue weighted by molar-refractivity contribution is 5.79. The van der Waals surface area contributed by atoms with E-state index >= 15 is 0 Å². The molecule has 7 rings (SSSR count). The van der Waals surface area contributed by atoms with Crippen molar-refractivity contribution >= 4 is 11.7 Å². The minimum absolute atomic E-state index is 0.0412. The van der Waals surface area contributed by atoms with Gasteiger partial charge >= 0.3 is 0 Å².